The van der Waals surface area contributed by atoms with Gasteiger partial charge in [0.25, 0.3) is 5.91 Å². The number of nitrogens with one attached hydrogen (secondary N) is 2. The molecule has 6 rings (SSSR count). The number of rotatable bonds is 3. The molecule has 0 aliphatic carbocycles. The van der Waals surface area contributed by atoms with E-state index in [4.69, 9.17) is 0 Å². The van der Waals surface area contributed by atoms with Gasteiger partial charge in [-0.15, -0.1) is 0 Å². The molecule has 1 saturated heterocycles. The number of hydrogen-bond donors (Lipinski definition) is 2. The Hall–Kier alpha value is -4.21. The van der Waals surface area contributed by atoms with Crippen LogP contribution in [0.4, 0.5) is 14.6 Å². The first kappa shape index (κ1) is 19.5. The van der Waals surface area contributed by atoms with Gasteiger partial charge in [-0.25, -0.2) is 9.97 Å². The van der Waals surface area contributed by atoms with Crippen molar-refractivity contribution in [3.8, 4) is 0 Å². The number of H-pyrrole nitrogens is 1. The van der Waals surface area contributed by atoms with Crippen LogP contribution in [0, 0.1) is 0 Å². The Labute approximate surface area is 184 Å². The number of anilines is 1. The van der Waals surface area contributed by atoms with Gasteiger partial charge in [-0.1, -0.05) is 12.1 Å². The van der Waals surface area contributed by atoms with Crippen LogP contribution in [-0.4, -0.2) is 38.7 Å². The Morgan fingerprint density at radius 2 is 1.85 bits per heavy atom. The van der Waals surface area contributed by atoms with E-state index in [2.05, 4.69) is 20.3 Å². The topological polar surface area (TPSA) is 108 Å². The first-order valence-corrected chi connectivity index (χ1v) is 10.3. The van der Waals surface area contributed by atoms with Crippen molar-refractivity contribution in [1.82, 2.24) is 20.3 Å². The minimum atomic E-state index is -3.43. The number of halogens is 2. The van der Waals surface area contributed by atoms with E-state index in [1.165, 1.54) is 35.5 Å². The number of piperidine rings is 1. The second-order valence-corrected chi connectivity index (χ2v) is 8.04. The molecule has 3 aromatic heterocycles. The van der Waals surface area contributed by atoms with Gasteiger partial charge in [0, 0.05) is 35.8 Å². The van der Waals surface area contributed by atoms with Gasteiger partial charge < -0.3 is 4.98 Å². The number of carbonyl (C=O) groups is 3. The van der Waals surface area contributed by atoms with Crippen molar-refractivity contribution < 1.29 is 23.2 Å². The van der Waals surface area contributed by atoms with Gasteiger partial charge in [0.1, 0.15) is 17.5 Å². The maximum atomic E-state index is 15.8. The van der Waals surface area contributed by atoms with Gasteiger partial charge in [-0.3, -0.25) is 24.6 Å². The van der Waals surface area contributed by atoms with Crippen molar-refractivity contribution in [2.24, 2.45) is 0 Å². The van der Waals surface area contributed by atoms with Crippen LogP contribution in [0.1, 0.15) is 34.3 Å². The zero-order chi connectivity index (χ0) is 22.9. The summed E-state index contributed by atoms with van der Waals surface area (Å²) in [6, 6.07) is 6.77. The Morgan fingerprint density at radius 1 is 1.03 bits per heavy atom. The molecule has 10 heteroatoms. The van der Waals surface area contributed by atoms with E-state index in [1.54, 1.807) is 12.1 Å². The molecule has 2 aliphatic heterocycles. The number of imide groups is 1. The summed E-state index contributed by atoms with van der Waals surface area (Å²) in [4.78, 5) is 49.4. The van der Waals surface area contributed by atoms with Gasteiger partial charge >= 0.3 is 5.92 Å². The highest BCUT2D eigenvalue weighted by Gasteiger charge is 2.44. The van der Waals surface area contributed by atoms with E-state index in [0.717, 1.165) is 6.20 Å². The van der Waals surface area contributed by atoms with Crippen LogP contribution in [0.2, 0.25) is 0 Å². The SMILES string of the molecule is O=C1CCC(N2C(=O)c3cccc4c(C(F)(F)c5c[nH]c6ncccc56)cnc2c34)C(=O)N1. The van der Waals surface area contributed by atoms with Crippen LogP contribution >= 0.6 is 0 Å². The Kier molecular flexibility index (Phi) is 3.92. The normalized spacial score (nSPS) is 18.4. The first-order chi connectivity index (χ1) is 15.9. The molecular formula is C23H15F2N5O3. The first-order valence-electron chi connectivity index (χ1n) is 10.3. The lowest BCUT2D eigenvalue weighted by atomic mass is 9.95. The standard InChI is InChI=1S/C23H15F2N5O3/c24-23(25,15-9-27-19-12(15)5-2-8-26-19)14-10-28-20-18-11(14)3-1-4-13(18)22(33)30(20)16-6-7-17(31)29-21(16)32/h1-5,8-10,16H,6-7H2,(H,26,27)(H,29,31,32). The van der Waals surface area contributed by atoms with E-state index in [9.17, 15) is 14.4 Å². The highest BCUT2D eigenvalue weighted by atomic mass is 19.3. The third kappa shape index (κ3) is 2.63. The summed E-state index contributed by atoms with van der Waals surface area (Å²) in [5.74, 6) is -4.82. The Morgan fingerprint density at radius 3 is 2.67 bits per heavy atom. The molecule has 33 heavy (non-hydrogen) atoms. The molecule has 0 radical (unpaired) electrons. The third-order valence-corrected chi connectivity index (χ3v) is 6.22. The number of benzene rings is 1. The summed E-state index contributed by atoms with van der Waals surface area (Å²) >= 11 is 0. The molecule has 1 atom stereocenters. The fourth-order valence-corrected chi connectivity index (χ4v) is 4.69. The van der Waals surface area contributed by atoms with Crippen molar-refractivity contribution in [3.63, 3.8) is 0 Å². The monoisotopic (exact) mass is 447 g/mol. The summed E-state index contributed by atoms with van der Waals surface area (Å²) in [7, 11) is 0. The molecule has 4 aromatic rings. The number of aromatic amines is 1. The van der Waals surface area contributed by atoms with Crippen LogP contribution in [-0.2, 0) is 15.5 Å². The number of fused-ring (bicyclic) bond motifs is 1. The Balaban J connectivity index is 1.53. The van der Waals surface area contributed by atoms with Crippen LogP contribution in [0.5, 0.6) is 0 Å². The fourth-order valence-electron chi connectivity index (χ4n) is 4.69. The van der Waals surface area contributed by atoms with Gasteiger partial charge in [0.2, 0.25) is 11.8 Å². The van der Waals surface area contributed by atoms with Crippen LogP contribution in [0.25, 0.3) is 21.8 Å². The van der Waals surface area contributed by atoms with Crippen molar-refractivity contribution in [2.45, 2.75) is 24.8 Å². The quantitative estimate of drug-likeness (QED) is 0.470. The molecule has 0 bridgehead atoms. The molecular weight excluding hydrogens is 432 g/mol. The van der Waals surface area contributed by atoms with E-state index in [0.29, 0.717) is 5.65 Å². The average Bonchev–Trinajstić information content (AvgIpc) is 3.36. The molecule has 0 spiro atoms. The zero-order valence-corrected chi connectivity index (χ0v) is 16.9. The maximum Gasteiger partial charge on any atom is 0.302 e. The predicted octanol–water partition coefficient (Wildman–Crippen LogP) is 3.02. The molecule has 164 valence electrons. The molecule has 0 saturated carbocycles. The van der Waals surface area contributed by atoms with Crippen LogP contribution in [0.3, 0.4) is 0 Å². The number of pyridine rings is 2. The number of hydrogen-bond acceptors (Lipinski definition) is 5. The molecule has 8 nitrogen and oxygen atoms in total. The largest absolute Gasteiger partial charge is 0.346 e. The average molecular weight is 447 g/mol. The van der Waals surface area contributed by atoms with Crippen molar-refractivity contribution >= 4 is 45.3 Å². The summed E-state index contributed by atoms with van der Waals surface area (Å²) in [6.07, 6.45) is 3.99. The Bertz CT molecular complexity index is 1510. The molecule has 1 fully saturated rings. The molecule has 1 aromatic carbocycles. The second kappa shape index (κ2) is 6.64. The number of amides is 3. The van der Waals surface area contributed by atoms with Crippen LogP contribution in [0.15, 0.2) is 48.9 Å². The third-order valence-electron chi connectivity index (χ3n) is 6.22. The number of carbonyl (C=O) groups excluding carboxylic acids is 3. The summed E-state index contributed by atoms with van der Waals surface area (Å²) in [5.41, 5.74) is -0.0755. The zero-order valence-electron chi connectivity index (χ0n) is 16.9. The summed E-state index contributed by atoms with van der Waals surface area (Å²) in [5, 5.41) is 2.95. The predicted molar refractivity (Wildman–Crippen MR) is 114 cm³/mol. The minimum Gasteiger partial charge on any atom is -0.346 e. The lowest BCUT2D eigenvalue weighted by Crippen LogP contribution is -2.53. The molecule has 2 N–H and O–H groups in total. The minimum absolute atomic E-state index is 0.0738. The smallest absolute Gasteiger partial charge is 0.302 e. The molecule has 5 heterocycles. The molecule has 2 aliphatic rings. The van der Waals surface area contributed by atoms with E-state index >= 15 is 8.78 Å². The lowest BCUT2D eigenvalue weighted by Gasteiger charge is -2.29. The fraction of sp³-hybridized carbons (Fsp3) is 0.174. The van der Waals surface area contributed by atoms with Gasteiger partial charge in [0.15, 0.2) is 0 Å². The van der Waals surface area contributed by atoms with Crippen molar-refractivity contribution in [2.75, 3.05) is 4.90 Å². The number of aromatic nitrogens is 3. The highest BCUT2D eigenvalue weighted by molar-refractivity contribution is 6.26. The van der Waals surface area contributed by atoms with Crippen molar-refractivity contribution in [3.05, 3.63) is 65.6 Å². The van der Waals surface area contributed by atoms with Gasteiger partial charge in [-0.2, -0.15) is 8.78 Å². The second-order valence-electron chi connectivity index (χ2n) is 8.04. The molecule has 3 amide bonds. The van der Waals surface area contributed by atoms with Gasteiger partial charge in [0.05, 0.1) is 16.7 Å². The summed E-state index contributed by atoms with van der Waals surface area (Å²) < 4.78 is 31.7. The van der Waals surface area contributed by atoms with Crippen molar-refractivity contribution in [1.29, 1.82) is 0 Å². The van der Waals surface area contributed by atoms with E-state index < -0.39 is 29.7 Å². The maximum absolute atomic E-state index is 15.8. The highest BCUT2D eigenvalue weighted by Crippen LogP contribution is 2.46. The lowest BCUT2D eigenvalue weighted by molar-refractivity contribution is -0.134. The summed E-state index contributed by atoms with van der Waals surface area (Å²) in [6.45, 7) is 0. The van der Waals surface area contributed by atoms with Crippen LogP contribution < -0.4 is 10.2 Å². The van der Waals surface area contributed by atoms with Gasteiger partial charge in [-0.05, 0) is 30.0 Å². The van der Waals surface area contributed by atoms with E-state index in [1.807, 2.05) is 0 Å². The molecule has 1 unspecified atom stereocenters. The number of alkyl halides is 2. The van der Waals surface area contributed by atoms with E-state index in [-0.39, 0.29) is 51.5 Å². The number of nitrogens with zero attached hydrogens (tertiary/aromatic N) is 3.